The maximum Gasteiger partial charge on any atom is 0.410 e. The van der Waals surface area contributed by atoms with Crippen molar-refractivity contribution < 1.29 is 9.53 Å². The number of carbonyl (C=O) groups is 1. The van der Waals surface area contributed by atoms with Crippen molar-refractivity contribution in [3.8, 4) is 6.07 Å². The first-order chi connectivity index (χ1) is 11.3. The van der Waals surface area contributed by atoms with E-state index in [1.54, 1.807) is 23.2 Å². The van der Waals surface area contributed by atoms with Gasteiger partial charge in [-0.2, -0.15) is 5.26 Å². The quantitative estimate of drug-likeness (QED) is 0.852. The molecule has 1 saturated heterocycles. The van der Waals surface area contributed by atoms with E-state index >= 15 is 0 Å². The van der Waals surface area contributed by atoms with Crippen molar-refractivity contribution in [2.45, 2.75) is 39.2 Å². The molecular formula is C18H26N4O2. The number of rotatable bonds is 3. The molecule has 0 atom stereocenters. The van der Waals surface area contributed by atoms with Crippen molar-refractivity contribution in [1.29, 1.82) is 5.26 Å². The summed E-state index contributed by atoms with van der Waals surface area (Å²) in [7, 11) is 1.96. The number of aromatic nitrogens is 1. The average molecular weight is 330 g/mol. The third-order valence-electron chi connectivity index (χ3n) is 4.07. The highest BCUT2D eigenvalue weighted by Crippen LogP contribution is 2.23. The molecule has 130 valence electrons. The molecule has 1 aromatic rings. The van der Waals surface area contributed by atoms with Gasteiger partial charge in [0.05, 0.1) is 5.56 Å². The van der Waals surface area contributed by atoms with Crippen LogP contribution in [-0.2, 0) is 4.74 Å². The van der Waals surface area contributed by atoms with Crippen molar-refractivity contribution in [2.24, 2.45) is 5.92 Å². The summed E-state index contributed by atoms with van der Waals surface area (Å²) in [5.74, 6) is 1.19. The number of likely N-dealkylation sites (tertiary alicyclic amines) is 1. The van der Waals surface area contributed by atoms with Crippen LogP contribution in [0.1, 0.15) is 39.2 Å². The van der Waals surface area contributed by atoms with E-state index in [4.69, 9.17) is 4.74 Å². The Balaban J connectivity index is 1.87. The molecular weight excluding hydrogens is 304 g/mol. The fraction of sp³-hybridized carbons (Fsp3) is 0.611. The smallest absolute Gasteiger partial charge is 0.410 e. The SMILES string of the molecule is CN(CC1CCN(C(=O)OC(C)(C)C)CC1)c1ncccc1C#N. The summed E-state index contributed by atoms with van der Waals surface area (Å²) < 4.78 is 5.42. The standard InChI is InChI=1S/C18H26N4O2/c1-18(2,3)24-17(23)22-10-7-14(8-11-22)13-21(4)16-15(12-19)6-5-9-20-16/h5-6,9,14H,7-8,10-11,13H2,1-4H3. The van der Waals surface area contributed by atoms with Gasteiger partial charge in [-0.1, -0.05) is 0 Å². The number of carbonyl (C=O) groups excluding carboxylic acids is 1. The summed E-state index contributed by atoms with van der Waals surface area (Å²) in [6, 6.07) is 5.74. The Bertz CT molecular complexity index is 610. The van der Waals surface area contributed by atoms with Crippen LogP contribution in [0, 0.1) is 17.2 Å². The highest BCUT2D eigenvalue weighted by Gasteiger charge is 2.27. The van der Waals surface area contributed by atoms with Gasteiger partial charge in [-0.15, -0.1) is 0 Å². The molecule has 1 aromatic heterocycles. The highest BCUT2D eigenvalue weighted by molar-refractivity contribution is 5.68. The second kappa shape index (κ2) is 7.52. The van der Waals surface area contributed by atoms with Gasteiger partial charge in [0.2, 0.25) is 0 Å². The summed E-state index contributed by atoms with van der Waals surface area (Å²) in [6.07, 6.45) is 3.33. The van der Waals surface area contributed by atoms with Gasteiger partial charge in [0, 0.05) is 32.9 Å². The third kappa shape index (κ3) is 4.85. The molecule has 2 heterocycles. The van der Waals surface area contributed by atoms with Gasteiger partial charge in [0.15, 0.2) is 0 Å². The summed E-state index contributed by atoms with van der Waals surface area (Å²) in [6.45, 7) is 7.89. The molecule has 0 N–H and O–H groups in total. The number of piperidine rings is 1. The summed E-state index contributed by atoms with van der Waals surface area (Å²) in [5, 5.41) is 9.19. The second-order valence-corrected chi connectivity index (χ2v) is 7.28. The van der Waals surface area contributed by atoms with Crippen LogP contribution in [0.3, 0.4) is 0 Å². The number of pyridine rings is 1. The number of nitrogens with zero attached hydrogens (tertiary/aromatic N) is 4. The number of nitriles is 1. The Morgan fingerprint density at radius 2 is 2.12 bits per heavy atom. The Labute approximate surface area is 144 Å². The van der Waals surface area contributed by atoms with E-state index in [1.165, 1.54) is 0 Å². The minimum atomic E-state index is -0.458. The monoisotopic (exact) mass is 330 g/mol. The fourth-order valence-corrected chi connectivity index (χ4v) is 2.89. The molecule has 1 aliphatic heterocycles. The zero-order chi connectivity index (χ0) is 17.7. The minimum Gasteiger partial charge on any atom is -0.444 e. The van der Waals surface area contributed by atoms with Gasteiger partial charge in [-0.3, -0.25) is 0 Å². The number of anilines is 1. The Morgan fingerprint density at radius 3 is 2.71 bits per heavy atom. The van der Waals surface area contributed by atoms with Gasteiger partial charge in [-0.05, 0) is 51.7 Å². The van der Waals surface area contributed by atoms with Gasteiger partial charge in [0.25, 0.3) is 0 Å². The van der Waals surface area contributed by atoms with Crippen molar-refractivity contribution in [3.63, 3.8) is 0 Å². The summed E-state index contributed by atoms with van der Waals surface area (Å²) in [4.78, 5) is 20.2. The number of amides is 1. The molecule has 6 nitrogen and oxygen atoms in total. The maximum absolute atomic E-state index is 12.1. The molecule has 0 aromatic carbocycles. The van der Waals surface area contributed by atoms with Crippen LogP contribution < -0.4 is 4.90 Å². The zero-order valence-corrected chi connectivity index (χ0v) is 15.0. The zero-order valence-electron chi connectivity index (χ0n) is 15.0. The van der Waals surface area contributed by atoms with Crippen LogP contribution >= 0.6 is 0 Å². The van der Waals surface area contributed by atoms with Crippen LogP contribution in [0.5, 0.6) is 0 Å². The molecule has 0 saturated carbocycles. The topological polar surface area (TPSA) is 69.5 Å². The van der Waals surface area contributed by atoms with Gasteiger partial charge in [0.1, 0.15) is 17.5 Å². The van der Waals surface area contributed by atoms with E-state index in [0.29, 0.717) is 24.6 Å². The number of ether oxygens (including phenoxy) is 1. The first-order valence-corrected chi connectivity index (χ1v) is 8.34. The lowest BCUT2D eigenvalue weighted by Gasteiger charge is -2.35. The minimum absolute atomic E-state index is 0.231. The van der Waals surface area contributed by atoms with E-state index in [9.17, 15) is 10.1 Å². The lowest BCUT2D eigenvalue weighted by Crippen LogP contribution is -2.43. The largest absolute Gasteiger partial charge is 0.444 e. The van der Waals surface area contributed by atoms with Gasteiger partial charge in [-0.25, -0.2) is 9.78 Å². The fourth-order valence-electron chi connectivity index (χ4n) is 2.89. The number of hydrogen-bond donors (Lipinski definition) is 0. The lowest BCUT2D eigenvalue weighted by molar-refractivity contribution is 0.0186. The van der Waals surface area contributed by atoms with E-state index in [-0.39, 0.29) is 6.09 Å². The van der Waals surface area contributed by atoms with Gasteiger partial charge < -0.3 is 14.5 Å². The Hall–Kier alpha value is -2.29. The lowest BCUT2D eigenvalue weighted by atomic mass is 9.96. The van der Waals surface area contributed by atoms with Gasteiger partial charge >= 0.3 is 6.09 Å². The maximum atomic E-state index is 12.1. The molecule has 24 heavy (non-hydrogen) atoms. The predicted molar refractivity (Wildman–Crippen MR) is 92.8 cm³/mol. The van der Waals surface area contributed by atoms with Crippen LogP contribution in [0.15, 0.2) is 18.3 Å². The highest BCUT2D eigenvalue weighted by atomic mass is 16.6. The van der Waals surface area contributed by atoms with E-state index in [2.05, 4.69) is 11.1 Å². The normalized spacial score (nSPS) is 15.7. The van der Waals surface area contributed by atoms with E-state index in [0.717, 1.165) is 25.2 Å². The van der Waals surface area contributed by atoms with Crippen molar-refractivity contribution in [1.82, 2.24) is 9.88 Å². The predicted octanol–water partition coefficient (Wildman–Crippen LogP) is 3.04. The van der Waals surface area contributed by atoms with Crippen LogP contribution in [0.2, 0.25) is 0 Å². The first-order valence-electron chi connectivity index (χ1n) is 8.34. The molecule has 0 aliphatic carbocycles. The molecule has 1 fully saturated rings. The van der Waals surface area contributed by atoms with Crippen molar-refractivity contribution in [2.75, 3.05) is 31.6 Å². The van der Waals surface area contributed by atoms with Crippen LogP contribution in [0.4, 0.5) is 10.6 Å². The molecule has 0 unspecified atom stereocenters. The molecule has 0 spiro atoms. The molecule has 1 aliphatic rings. The molecule has 1 amide bonds. The van der Waals surface area contributed by atoms with Crippen molar-refractivity contribution in [3.05, 3.63) is 23.9 Å². The Morgan fingerprint density at radius 1 is 1.46 bits per heavy atom. The Kier molecular flexibility index (Phi) is 5.66. The van der Waals surface area contributed by atoms with Crippen LogP contribution in [0.25, 0.3) is 0 Å². The first kappa shape index (κ1) is 18.1. The van der Waals surface area contributed by atoms with E-state index in [1.807, 2.05) is 32.7 Å². The second-order valence-electron chi connectivity index (χ2n) is 7.28. The third-order valence-corrected chi connectivity index (χ3v) is 4.07. The van der Waals surface area contributed by atoms with E-state index < -0.39 is 5.60 Å². The molecule has 6 heteroatoms. The molecule has 0 radical (unpaired) electrons. The molecule has 0 bridgehead atoms. The van der Waals surface area contributed by atoms with Crippen LogP contribution in [-0.4, -0.2) is 48.3 Å². The summed E-state index contributed by atoms with van der Waals surface area (Å²) in [5.41, 5.74) is 0.132. The summed E-state index contributed by atoms with van der Waals surface area (Å²) >= 11 is 0. The molecule has 2 rings (SSSR count). The van der Waals surface area contributed by atoms with Crippen molar-refractivity contribution >= 4 is 11.9 Å². The number of hydrogen-bond acceptors (Lipinski definition) is 5. The average Bonchev–Trinajstić information content (AvgIpc) is 2.53.